The van der Waals surface area contributed by atoms with Gasteiger partial charge in [0.2, 0.25) is 5.91 Å². The highest BCUT2D eigenvalue weighted by Gasteiger charge is 2.37. The fourth-order valence-electron chi connectivity index (χ4n) is 1.47. The SMILES string of the molecule is C=CCNC(=O)C(C)N1CC(C(=O)O)C1. The number of hydrogen-bond donors (Lipinski definition) is 2. The molecule has 0 aromatic heterocycles. The van der Waals surface area contributed by atoms with Crippen LogP contribution in [-0.4, -0.2) is 47.6 Å². The number of aliphatic carboxylic acids is 1. The lowest BCUT2D eigenvalue weighted by molar-refractivity contribution is -0.150. The summed E-state index contributed by atoms with van der Waals surface area (Å²) in [6.45, 7) is 6.63. The molecule has 15 heavy (non-hydrogen) atoms. The molecule has 1 fully saturated rings. The molecule has 0 aliphatic carbocycles. The van der Waals surface area contributed by atoms with Crippen molar-refractivity contribution in [2.45, 2.75) is 13.0 Å². The van der Waals surface area contributed by atoms with Crippen LogP contribution >= 0.6 is 0 Å². The first-order chi connectivity index (χ1) is 7.06. The number of rotatable bonds is 5. The Labute approximate surface area is 88.8 Å². The molecule has 5 nitrogen and oxygen atoms in total. The smallest absolute Gasteiger partial charge is 0.309 e. The maximum absolute atomic E-state index is 11.5. The molecule has 0 spiro atoms. The number of nitrogens with one attached hydrogen (secondary N) is 1. The van der Waals surface area contributed by atoms with Gasteiger partial charge in [0, 0.05) is 19.6 Å². The van der Waals surface area contributed by atoms with Gasteiger partial charge in [-0.15, -0.1) is 6.58 Å². The van der Waals surface area contributed by atoms with Gasteiger partial charge in [0.1, 0.15) is 0 Å². The number of carboxylic acid groups (broad SMARTS) is 1. The van der Waals surface area contributed by atoms with Gasteiger partial charge in [-0.1, -0.05) is 6.08 Å². The van der Waals surface area contributed by atoms with E-state index in [0.29, 0.717) is 19.6 Å². The largest absolute Gasteiger partial charge is 0.481 e. The summed E-state index contributed by atoms with van der Waals surface area (Å²) < 4.78 is 0. The average Bonchev–Trinajstić information content (AvgIpc) is 2.10. The molecule has 1 heterocycles. The number of carboxylic acids is 1. The van der Waals surface area contributed by atoms with Gasteiger partial charge < -0.3 is 10.4 Å². The van der Waals surface area contributed by atoms with Crippen LogP contribution in [0.1, 0.15) is 6.92 Å². The lowest BCUT2D eigenvalue weighted by Gasteiger charge is -2.40. The highest BCUT2D eigenvalue weighted by Crippen LogP contribution is 2.18. The summed E-state index contributed by atoms with van der Waals surface area (Å²) in [5, 5.41) is 11.4. The number of likely N-dealkylation sites (tertiary alicyclic amines) is 1. The van der Waals surface area contributed by atoms with Crippen LogP contribution < -0.4 is 5.32 Å². The average molecular weight is 212 g/mol. The first kappa shape index (κ1) is 11.7. The molecule has 1 aliphatic heterocycles. The number of amides is 1. The van der Waals surface area contributed by atoms with E-state index in [-0.39, 0.29) is 17.9 Å². The van der Waals surface area contributed by atoms with E-state index in [1.165, 1.54) is 0 Å². The third kappa shape index (κ3) is 2.79. The van der Waals surface area contributed by atoms with E-state index in [1.807, 2.05) is 4.90 Å². The van der Waals surface area contributed by atoms with Gasteiger partial charge in [0.15, 0.2) is 0 Å². The first-order valence-corrected chi connectivity index (χ1v) is 4.91. The van der Waals surface area contributed by atoms with Crippen molar-refractivity contribution in [3.8, 4) is 0 Å². The van der Waals surface area contributed by atoms with Gasteiger partial charge in [-0.25, -0.2) is 0 Å². The number of hydrogen-bond acceptors (Lipinski definition) is 3. The van der Waals surface area contributed by atoms with Crippen molar-refractivity contribution < 1.29 is 14.7 Å². The maximum atomic E-state index is 11.5. The molecule has 1 unspecified atom stereocenters. The number of carbonyl (C=O) groups is 2. The van der Waals surface area contributed by atoms with Crippen LogP contribution in [0.4, 0.5) is 0 Å². The third-order valence-corrected chi connectivity index (χ3v) is 2.61. The summed E-state index contributed by atoms with van der Waals surface area (Å²) >= 11 is 0. The standard InChI is InChI=1S/C10H16N2O3/c1-3-4-11-9(13)7(2)12-5-8(6-12)10(14)15/h3,7-8H,1,4-6H2,2H3,(H,11,13)(H,14,15). The second-order valence-corrected chi connectivity index (χ2v) is 3.70. The Kier molecular flexibility index (Phi) is 3.85. The molecule has 0 bridgehead atoms. The Morgan fingerprint density at radius 2 is 2.27 bits per heavy atom. The van der Waals surface area contributed by atoms with Crippen molar-refractivity contribution in [3.05, 3.63) is 12.7 Å². The Bertz CT molecular complexity index is 272. The Morgan fingerprint density at radius 3 is 2.73 bits per heavy atom. The van der Waals surface area contributed by atoms with Crippen molar-refractivity contribution in [2.24, 2.45) is 5.92 Å². The van der Waals surface area contributed by atoms with Gasteiger partial charge in [-0.2, -0.15) is 0 Å². The van der Waals surface area contributed by atoms with Gasteiger partial charge in [-0.05, 0) is 6.92 Å². The summed E-state index contributed by atoms with van der Waals surface area (Å²) in [6.07, 6.45) is 1.61. The first-order valence-electron chi connectivity index (χ1n) is 4.91. The van der Waals surface area contributed by atoms with Gasteiger partial charge in [0.05, 0.1) is 12.0 Å². The topological polar surface area (TPSA) is 69.6 Å². The zero-order chi connectivity index (χ0) is 11.4. The second kappa shape index (κ2) is 4.93. The summed E-state index contributed by atoms with van der Waals surface area (Å²) in [4.78, 5) is 23.9. The van der Waals surface area contributed by atoms with E-state index in [9.17, 15) is 9.59 Å². The molecule has 84 valence electrons. The van der Waals surface area contributed by atoms with Crippen LogP contribution in [0.3, 0.4) is 0 Å². The van der Waals surface area contributed by atoms with Crippen molar-refractivity contribution in [3.63, 3.8) is 0 Å². The number of carbonyl (C=O) groups excluding carboxylic acids is 1. The van der Waals surface area contributed by atoms with Crippen LogP contribution in [0.5, 0.6) is 0 Å². The Hall–Kier alpha value is -1.36. The maximum Gasteiger partial charge on any atom is 0.309 e. The van der Waals surface area contributed by atoms with Crippen molar-refractivity contribution in [1.29, 1.82) is 0 Å². The molecule has 1 atom stereocenters. The monoisotopic (exact) mass is 212 g/mol. The molecule has 1 amide bonds. The van der Waals surface area contributed by atoms with Crippen LogP contribution in [-0.2, 0) is 9.59 Å². The summed E-state index contributed by atoms with van der Waals surface area (Å²) in [7, 11) is 0. The van der Waals surface area contributed by atoms with Crippen molar-refractivity contribution in [2.75, 3.05) is 19.6 Å². The number of nitrogens with zero attached hydrogens (tertiary/aromatic N) is 1. The Balaban J connectivity index is 2.30. The molecular weight excluding hydrogens is 196 g/mol. The van der Waals surface area contributed by atoms with E-state index >= 15 is 0 Å². The highest BCUT2D eigenvalue weighted by molar-refractivity contribution is 5.82. The molecular formula is C10H16N2O3. The van der Waals surface area contributed by atoms with Crippen LogP contribution in [0, 0.1) is 5.92 Å². The predicted molar refractivity (Wildman–Crippen MR) is 55.4 cm³/mol. The molecule has 0 aromatic rings. The summed E-state index contributed by atoms with van der Waals surface area (Å²) in [6, 6.07) is -0.263. The minimum absolute atomic E-state index is 0.0845. The van der Waals surface area contributed by atoms with Crippen LogP contribution in [0.2, 0.25) is 0 Å². The van der Waals surface area contributed by atoms with E-state index < -0.39 is 5.97 Å². The lowest BCUT2D eigenvalue weighted by Crippen LogP contribution is -2.58. The molecule has 1 aliphatic rings. The Morgan fingerprint density at radius 1 is 1.67 bits per heavy atom. The summed E-state index contributed by atoms with van der Waals surface area (Å²) in [5.41, 5.74) is 0. The molecule has 0 radical (unpaired) electrons. The third-order valence-electron chi connectivity index (χ3n) is 2.61. The van der Waals surface area contributed by atoms with Crippen LogP contribution in [0.25, 0.3) is 0 Å². The molecule has 1 saturated heterocycles. The molecule has 1 rings (SSSR count). The fraction of sp³-hybridized carbons (Fsp3) is 0.600. The second-order valence-electron chi connectivity index (χ2n) is 3.70. The molecule has 5 heteroatoms. The van der Waals surface area contributed by atoms with Crippen LogP contribution in [0.15, 0.2) is 12.7 Å². The van der Waals surface area contributed by atoms with E-state index in [2.05, 4.69) is 11.9 Å². The zero-order valence-corrected chi connectivity index (χ0v) is 8.77. The quantitative estimate of drug-likeness (QED) is 0.613. The normalized spacial score (nSPS) is 19.0. The van der Waals surface area contributed by atoms with Gasteiger partial charge in [-0.3, -0.25) is 14.5 Å². The minimum atomic E-state index is -0.787. The zero-order valence-electron chi connectivity index (χ0n) is 8.77. The molecule has 2 N–H and O–H groups in total. The van der Waals surface area contributed by atoms with Gasteiger partial charge >= 0.3 is 5.97 Å². The summed E-state index contributed by atoms with van der Waals surface area (Å²) in [5.74, 6) is -1.19. The molecule has 0 saturated carbocycles. The molecule has 0 aromatic carbocycles. The van der Waals surface area contributed by atoms with Crippen molar-refractivity contribution in [1.82, 2.24) is 10.2 Å². The minimum Gasteiger partial charge on any atom is -0.481 e. The fourth-order valence-corrected chi connectivity index (χ4v) is 1.47. The van der Waals surface area contributed by atoms with Crippen molar-refractivity contribution >= 4 is 11.9 Å². The predicted octanol–water partition coefficient (Wildman–Crippen LogP) is -0.306. The highest BCUT2D eigenvalue weighted by atomic mass is 16.4. The van der Waals surface area contributed by atoms with E-state index in [1.54, 1.807) is 13.0 Å². The van der Waals surface area contributed by atoms with E-state index in [0.717, 1.165) is 0 Å². The van der Waals surface area contributed by atoms with Gasteiger partial charge in [0.25, 0.3) is 0 Å². The lowest BCUT2D eigenvalue weighted by atomic mass is 9.98. The van der Waals surface area contributed by atoms with E-state index in [4.69, 9.17) is 5.11 Å².